The van der Waals surface area contributed by atoms with E-state index in [1.807, 2.05) is 51.2 Å². The van der Waals surface area contributed by atoms with Crippen LogP contribution in [-0.2, 0) is 0 Å². The van der Waals surface area contributed by atoms with Crippen LogP contribution in [0, 0.1) is 17.4 Å². The van der Waals surface area contributed by atoms with Crippen molar-refractivity contribution in [1.29, 1.82) is 0 Å². The van der Waals surface area contributed by atoms with Crippen LogP contribution in [0.3, 0.4) is 0 Å². The number of amides is 1. The predicted octanol–water partition coefficient (Wildman–Crippen LogP) is 4.95. The fraction of sp³-hybridized carbons (Fsp3) is 0.188. The van der Waals surface area contributed by atoms with Crippen LogP contribution >= 0.6 is 38.5 Å². The molecule has 0 aliphatic carbocycles. The zero-order valence-corrected chi connectivity index (χ0v) is 15.3. The van der Waals surface area contributed by atoms with Gasteiger partial charge in [-0.1, -0.05) is 22.0 Å². The van der Waals surface area contributed by atoms with Gasteiger partial charge in [0.05, 0.1) is 5.56 Å². The van der Waals surface area contributed by atoms with Gasteiger partial charge in [0.25, 0.3) is 5.91 Å². The zero-order chi connectivity index (χ0) is 14.9. The van der Waals surface area contributed by atoms with Gasteiger partial charge in [-0.25, -0.2) is 0 Å². The van der Waals surface area contributed by atoms with Gasteiger partial charge in [0.2, 0.25) is 0 Å². The first-order chi connectivity index (χ1) is 9.38. The lowest BCUT2D eigenvalue weighted by Gasteiger charge is -2.19. The van der Waals surface area contributed by atoms with Crippen molar-refractivity contribution in [2.45, 2.75) is 13.8 Å². The molecule has 0 radical (unpaired) electrons. The Morgan fingerprint density at radius 1 is 1.10 bits per heavy atom. The number of carbonyl (C=O) groups is 1. The van der Waals surface area contributed by atoms with Crippen LogP contribution in [0.1, 0.15) is 21.5 Å². The summed E-state index contributed by atoms with van der Waals surface area (Å²) in [6.07, 6.45) is 0. The highest BCUT2D eigenvalue weighted by atomic mass is 127. The van der Waals surface area contributed by atoms with Crippen LogP contribution in [0.25, 0.3) is 0 Å². The number of benzene rings is 2. The second-order valence-electron chi connectivity index (χ2n) is 4.83. The van der Waals surface area contributed by atoms with Crippen molar-refractivity contribution in [2.75, 3.05) is 11.9 Å². The minimum absolute atomic E-state index is 0.000648. The molecule has 0 aliphatic heterocycles. The van der Waals surface area contributed by atoms with E-state index in [1.165, 1.54) is 0 Å². The number of rotatable bonds is 2. The van der Waals surface area contributed by atoms with E-state index in [0.717, 1.165) is 24.9 Å². The summed E-state index contributed by atoms with van der Waals surface area (Å²) in [5, 5.41) is 0. The molecule has 2 aromatic carbocycles. The summed E-state index contributed by atoms with van der Waals surface area (Å²) in [6, 6.07) is 11.9. The van der Waals surface area contributed by atoms with E-state index in [9.17, 15) is 4.79 Å². The number of anilines is 1. The van der Waals surface area contributed by atoms with E-state index >= 15 is 0 Å². The maximum Gasteiger partial charge on any atom is 0.259 e. The van der Waals surface area contributed by atoms with Gasteiger partial charge in [0.1, 0.15) is 0 Å². The molecule has 0 fully saturated rings. The molecule has 0 saturated carbocycles. The monoisotopic (exact) mass is 443 g/mol. The molecule has 20 heavy (non-hydrogen) atoms. The molecule has 4 heteroatoms. The molecule has 0 heterocycles. The van der Waals surface area contributed by atoms with E-state index in [1.54, 1.807) is 4.90 Å². The van der Waals surface area contributed by atoms with Crippen LogP contribution in [0.5, 0.6) is 0 Å². The molecule has 2 nitrogen and oxygen atoms in total. The maximum absolute atomic E-state index is 12.6. The summed E-state index contributed by atoms with van der Waals surface area (Å²) >= 11 is 5.61. The summed E-state index contributed by atoms with van der Waals surface area (Å²) in [5.74, 6) is 0.000648. The first-order valence-corrected chi connectivity index (χ1v) is 8.07. The van der Waals surface area contributed by atoms with Gasteiger partial charge in [-0.15, -0.1) is 0 Å². The standard InChI is InChI=1S/C16H15BrINO/c1-10-6-11(2)8-13(7-10)19(3)16(20)14-9-12(17)4-5-15(14)18/h4-9H,1-3H3. The molecule has 0 bridgehead atoms. The van der Waals surface area contributed by atoms with Gasteiger partial charge < -0.3 is 4.90 Å². The number of nitrogens with zero attached hydrogens (tertiary/aromatic N) is 1. The van der Waals surface area contributed by atoms with Gasteiger partial charge in [0, 0.05) is 20.8 Å². The van der Waals surface area contributed by atoms with Crippen molar-refractivity contribution in [3.8, 4) is 0 Å². The number of carbonyl (C=O) groups excluding carboxylic acids is 1. The molecule has 0 atom stereocenters. The van der Waals surface area contributed by atoms with Crippen molar-refractivity contribution < 1.29 is 4.79 Å². The van der Waals surface area contributed by atoms with Gasteiger partial charge in [-0.05, 0) is 77.9 Å². The minimum atomic E-state index is 0.000648. The molecule has 2 rings (SSSR count). The van der Waals surface area contributed by atoms with E-state index < -0.39 is 0 Å². The Bertz CT molecular complexity index is 649. The molecule has 1 amide bonds. The fourth-order valence-corrected chi connectivity index (χ4v) is 3.03. The zero-order valence-electron chi connectivity index (χ0n) is 11.6. The first-order valence-electron chi connectivity index (χ1n) is 6.20. The Kier molecular flexibility index (Phi) is 4.86. The quantitative estimate of drug-likeness (QED) is 0.601. The molecule has 104 valence electrons. The van der Waals surface area contributed by atoms with E-state index in [4.69, 9.17) is 0 Å². The minimum Gasteiger partial charge on any atom is -0.311 e. The molecule has 0 spiro atoms. The second kappa shape index (κ2) is 6.26. The molecular formula is C16H15BrINO. The molecule has 0 unspecified atom stereocenters. The SMILES string of the molecule is Cc1cc(C)cc(N(C)C(=O)c2cc(Br)ccc2I)c1. The third-order valence-corrected chi connectivity index (χ3v) is 4.49. The van der Waals surface area contributed by atoms with Gasteiger partial charge in [0.15, 0.2) is 0 Å². The third-order valence-electron chi connectivity index (χ3n) is 3.06. The molecule has 0 saturated heterocycles. The van der Waals surface area contributed by atoms with Gasteiger partial charge in [-0.2, -0.15) is 0 Å². The maximum atomic E-state index is 12.6. The van der Waals surface area contributed by atoms with Crippen LogP contribution in [0.2, 0.25) is 0 Å². The highest BCUT2D eigenvalue weighted by Crippen LogP contribution is 2.23. The molecule has 0 aliphatic rings. The second-order valence-corrected chi connectivity index (χ2v) is 6.91. The van der Waals surface area contributed by atoms with Crippen molar-refractivity contribution >= 4 is 50.1 Å². The van der Waals surface area contributed by atoms with E-state index in [2.05, 4.69) is 44.6 Å². The molecular weight excluding hydrogens is 429 g/mol. The smallest absolute Gasteiger partial charge is 0.259 e. The Morgan fingerprint density at radius 3 is 2.30 bits per heavy atom. The van der Waals surface area contributed by atoms with Gasteiger partial charge in [-0.3, -0.25) is 4.79 Å². The van der Waals surface area contributed by atoms with Crippen LogP contribution < -0.4 is 4.90 Å². The average Bonchev–Trinajstić information content (AvgIpc) is 2.38. The number of hydrogen-bond acceptors (Lipinski definition) is 1. The van der Waals surface area contributed by atoms with Gasteiger partial charge >= 0.3 is 0 Å². The Balaban J connectivity index is 2.39. The predicted molar refractivity (Wildman–Crippen MR) is 95.5 cm³/mol. The summed E-state index contributed by atoms with van der Waals surface area (Å²) in [5.41, 5.74) is 3.94. The fourth-order valence-electron chi connectivity index (χ4n) is 2.10. The van der Waals surface area contributed by atoms with Crippen LogP contribution in [0.4, 0.5) is 5.69 Å². The lowest BCUT2D eigenvalue weighted by atomic mass is 10.1. The van der Waals surface area contributed by atoms with Crippen molar-refractivity contribution in [1.82, 2.24) is 0 Å². The summed E-state index contributed by atoms with van der Waals surface area (Å²) in [4.78, 5) is 14.3. The summed E-state index contributed by atoms with van der Waals surface area (Å²) in [7, 11) is 1.81. The van der Waals surface area contributed by atoms with E-state index in [0.29, 0.717) is 5.56 Å². The lowest BCUT2D eigenvalue weighted by Crippen LogP contribution is -2.27. The Labute approximate surface area is 141 Å². The molecule has 0 N–H and O–H groups in total. The van der Waals surface area contributed by atoms with Crippen molar-refractivity contribution in [3.05, 3.63) is 61.1 Å². The lowest BCUT2D eigenvalue weighted by molar-refractivity contribution is 0.0992. The first kappa shape index (κ1) is 15.5. The highest BCUT2D eigenvalue weighted by molar-refractivity contribution is 14.1. The summed E-state index contributed by atoms with van der Waals surface area (Å²) in [6.45, 7) is 4.08. The molecule has 2 aromatic rings. The molecule has 0 aromatic heterocycles. The van der Waals surface area contributed by atoms with Crippen molar-refractivity contribution in [3.63, 3.8) is 0 Å². The van der Waals surface area contributed by atoms with Crippen LogP contribution in [-0.4, -0.2) is 13.0 Å². The number of halogens is 2. The number of hydrogen-bond donors (Lipinski definition) is 0. The normalized spacial score (nSPS) is 10.4. The Morgan fingerprint density at radius 2 is 1.70 bits per heavy atom. The van der Waals surface area contributed by atoms with Crippen LogP contribution in [0.15, 0.2) is 40.9 Å². The Hall–Kier alpha value is -0.880. The highest BCUT2D eigenvalue weighted by Gasteiger charge is 2.17. The van der Waals surface area contributed by atoms with Crippen molar-refractivity contribution in [2.24, 2.45) is 0 Å². The topological polar surface area (TPSA) is 20.3 Å². The van der Waals surface area contributed by atoms with E-state index in [-0.39, 0.29) is 5.91 Å². The summed E-state index contributed by atoms with van der Waals surface area (Å²) < 4.78 is 1.86. The third kappa shape index (κ3) is 3.41. The average molecular weight is 444 g/mol. The number of aryl methyl sites for hydroxylation is 2. The largest absolute Gasteiger partial charge is 0.311 e.